The van der Waals surface area contributed by atoms with E-state index >= 15 is 0 Å². The number of benzene rings is 1. The molecule has 1 saturated carbocycles. The number of thiophene rings is 1. The van der Waals surface area contributed by atoms with E-state index in [4.69, 9.17) is 16.0 Å². The molecule has 2 aromatic rings. The van der Waals surface area contributed by atoms with Crippen molar-refractivity contribution in [2.75, 3.05) is 7.05 Å². The van der Waals surface area contributed by atoms with Crippen LogP contribution in [-0.4, -0.2) is 23.8 Å². The lowest BCUT2D eigenvalue weighted by Gasteiger charge is -2.40. The lowest BCUT2D eigenvalue weighted by atomic mass is 9.79. The van der Waals surface area contributed by atoms with Crippen LogP contribution in [0.5, 0.6) is 0 Å². The van der Waals surface area contributed by atoms with Crippen LogP contribution < -0.4 is 5.73 Å². The van der Waals surface area contributed by atoms with Crippen molar-refractivity contribution in [3.05, 3.63) is 46.2 Å². The quantitative estimate of drug-likeness (QED) is 0.907. The summed E-state index contributed by atoms with van der Waals surface area (Å²) in [5.74, 6) is 0.538. The molecule has 0 saturated heterocycles. The standard InChI is InChI=1S/C20H20N4OS/c1-20(17(13-6-7-13)18(25)24(2)19(22)23-20)16-9-15(11-26-16)14-5-3-4-12(8-14)10-21/h3-5,8-9,11,13,17H,6-7H2,1-2H3,(H2,22,23)/t17-,20-/m1/s1. The number of aliphatic imine (C=N–C) groups is 1. The number of amides is 1. The van der Waals surface area contributed by atoms with Crippen molar-refractivity contribution in [3.8, 4) is 17.2 Å². The minimum atomic E-state index is -0.634. The van der Waals surface area contributed by atoms with Gasteiger partial charge in [0.25, 0.3) is 0 Å². The Balaban J connectivity index is 1.77. The average molecular weight is 364 g/mol. The van der Waals surface area contributed by atoms with Crippen LogP contribution in [0.1, 0.15) is 30.2 Å². The number of nitriles is 1. The Kier molecular flexibility index (Phi) is 3.85. The minimum absolute atomic E-state index is 0.0592. The topological polar surface area (TPSA) is 82.5 Å². The number of rotatable bonds is 3. The van der Waals surface area contributed by atoms with Gasteiger partial charge in [-0.2, -0.15) is 5.26 Å². The van der Waals surface area contributed by atoms with E-state index in [1.807, 2.05) is 25.1 Å². The second kappa shape index (κ2) is 5.96. The fraction of sp³-hybridized carbons (Fsp3) is 0.350. The Morgan fingerprint density at radius 1 is 1.35 bits per heavy atom. The minimum Gasteiger partial charge on any atom is -0.369 e. The first-order valence-corrected chi connectivity index (χ1v) is 9.54. The fourth-order valence-corrected chi connectivity index (χ4v) is 4.83. The van der Waals surface area contributed by atoms with Crippen LogP contribution in [0.3, 0.4) is 0 Å². The Labute approximate surface area is 156 Å². The molecular formula is C20H20N4OS. The fourth-order valence-electron chi connectivity index (χ4n) is 3.76. The van der Waals surface area contributed by atoms with Gasteiger partial charge in [0.15, 0.2) is 5.96 Å². The van der Waals surface area contributed by atoms with Crippen LogP contribution >= 0.6 is 11.3 Å². The lowest BCUT2D eigenvalue weighted by molar-refractivity contribution is -0.134. The average Bonchev–Trinajstić information content (AvgIpc) is 3.33. The highest BCUT2D eigenvalue weighted by Crippen LogP contribution is 2.51. The van der Waals surface area contributed by atoms with Gasteiger partial charge in [-0.25, -0.2) is 4.99 Å². The Morgan fingerprint density at radius 3 is 2.81 bits per heavy atom. The number of nitrogens with two attached hydrogens (primary N) is 1. The monoisotopic (exact) mass is 364 g/mol. The molecule has 1 aliphatic heterocycles. The molecule has 2 heterocycles. The van der Waals surface area contributed by atoms with Crippen molar-refractivity contribution in [1.82, 2.24) is 4.90 Å². The molecule has 0 radical (unpaired) electrons. The van der Waals surface area contributed by atoms with Crippen molar-refractivity contribution in [2.45, 2.75) is 25.3 Å². The third kappa shape index (κ3) is 2.60. The molecule has 2 atom stereocenters. The van der Waals surface area contributed by atoms with Crippen LogP contribution in [0.15, 0.2) is 40.7 Å². The van der Waals surface area contributed by atoms with Crippen LogP contribution in [0.25, 0.3) is 11.1 Å². The van der Waals surface area contributed by atoms with Crippen LogP contribution in [-0.2, 0) is 10.3 Å². The second-order valence-corrected chi connectivity index (χ2v) is 8.13. The molecule has 1 fully saturated rings. The first kappa shape index (κ1) is 16.8. The van der Waals surface area contributed by atoms with E-state index in [1.54, 1.807) is 24.5 Å². The van der Waals surface area contributed by atoms with E-state index in [0.29, 0.717) is 11.5 Å². The molecule has 0 spiro atoms. The SMILES string of the molecule is CN1C(=O)[C@@H](C2CC2)[C@@](C)(c2cc(-c3cccc(C#N)c3)cs2)N=C1N. The molecule has 2 N–H and O–H groups in total. The maximum absolute atomic E-state index is 12.9. The van der Waals surface area contributed by atoms with Gasteiger partial charge >= 0.3 is 0 Å². The Morgan fingerprint density at radius 2 is 2.12 bits per heavy atom. The van der Waals surface area contributed by atoms with Gasteiger partial charge in [0.05, 0.1) is 17.6 Å². The highest BCUT2D eigenvalue weighted by atomic mass is 32.1. The summed E-state index contributed by atoms with van der Waals surface area (Å²) in [4.78, 5) is 20.2. The van der Waals surface area contributed by atoms with E-state index in [9.17, 15) is 4.79 Å². The largest absolute Gasteiger partial charge is 0.369 e. The predicted octanol–water partition coefficient (Wildman–Crippen LogP) is 3.31. The zero-order valence-corrected chi connectivity index (χ0v) is 15.6. The zero-order valence-electron chi connectivity index (χ0n) is 14.8. The molecule has 0 unspecified atom stereocenters. The van der Waals surface area contributed by atoms with Crippen LogP contribution in [0.4, 0.5) is 0 Å². The Bertz CT molecular complexity index is 953. The Hall–Kier alpha value is -2.65. The molecule has 2 aliphatic rings. The van der Waals surface area contributed by atoms with Gasteiger partial charge in [-0.3, -0.25) is 9.69 Å². The van der Waals surface area contributed by atoms with Crippen molar-refractivity contribution < 1.29 is 4.79 Å². The van der Waals surface area contributed by atoms with E-state index in [-0.39, 0.29) is 17.8 Å². The van der Waals surface area contributed by atoms with Gasteiger partial charge in [0.1, 0.15) is 5.54 Å². The van der Waals surface area contributed by atoms with Crippen LogP contribution in [0, 0.1) is 23.2 Å². The van der Waals surface area contributed by atoms with E-state index < -0.39 is 5.54 Å². The van der Waals surface area contributed by atoms with E-state index in [0.717, 1.165) is 28.8 Å². The summed E-state index contributed by atoms with van der Waals surface area (Å²) in [5, 5.41) is 11.2. The number of hydrogen-bond acceptors (Lipinski definition) is 5. The molecule has 1 aliphatic carbocycles. The summed E-state index contributed by atoms with van der Waals surface area (Å²) < 4.78 is 0. The summed E-state index contributed by atoms with van der Waals surface area (Å²) in [6.07, 6.45) is 2.13. The van der Waals surface area contributed by atoms with Crippen LogP contribution in [0.2, 0.25) is 0 Å². The maximum Gasteiger partial charge on any atom is 0.235 e. The number of carbonyl (C=O) groups excluding carboxylic acids is 1. The summed E-state index contributed by atoms with van der Waals surface area (Å²) in [7, 11) is 1.70. The number of carbonyl (C=O) groups is 1. The highest BCUT2D eigenvalue weighted by molar-refractivity contribution is 7.10. The molecule has 132 valence electrons. The second-order valence-electron chi connectivity index (χ2n) is 7.22. The zero-order chi connectivity index (χ0) is 18.5. The molecule has 0 bridgehead atoms. The van der Waals surface area contributed by atoms with Gasteiger partial charge in [0.2, 0.25) is 5.91 Å². The molecule has 1 amide bonds. The molecule has 1 aromatic carbocycles. The third-order valence-corrected chi connectivity index (χ3v) is 6.57. The van der Waals surface area contributed by atoms with Gasteiger partial charge < -0.3 is 5.73 Å². The van der Waals surface area contributed by atoms with Crippen molar-refractivity contribution in [2.24, 2.45) is 22.6 Å². The highest BCUT2D eigenvalue weighted by Gasteiger charge is 2.53. The van der Waals surface area contributed by atoms with E-state index in [1.165, 1.54) is 4.90 Å². The smallest absolute Gasteiger partial charge is 0.235 e. The van der Waals surface area contributed by atoms with Gasteiger partial charge in [0, 0.05) is 11.9 Å². The third-order valence-electron chi connectivity index (χ3n) is 5.41. The van der Waals surface area contributed by atoms with Gasteiger partial charge in [-0.1, -0.05) is 12.1 Å². The molecule has 1 aromatic heterocycles. The molecule has 26 heavy (non-hydrogen) atoms. The molecule has 5 nitrogen and oxygen atoms in total. The molecule has 6 heteroatoms. The summed E-state index contributed by atoms with van der Waals surface area (Å²) >= 11 is 1.60. The normalized spacial score (nSPS) is 25.7. The summed E-state index contributed by atoms with van der Waals surface area (Å²) in [6, 6.07) is 11.8. The van der Waals surface area contributed by atoms with Gasteiger partial charge in [-0.05, 0) is 60.4 Å². The van der Waals surface area contributed by atoms with Crippen molar-refractivity contribution in [1.29, 1.82) is 5.26 Å². The lowest BCUT2D eigenvalue weighted by Crippen LogP contribution is -2.54. The van der Waals surface area contributed by atoms with Crippen molar-refractivity contribution in [3.63, 3.8) is 0 Å². The number of guanidine groups is 1. The van der Waals surface area contributed by atoms with E-state index in [2.05, 4.69) is 17.5 Å². The molecule has 4 rings (SSSR count). The number of hydrogen-bond donors (Lipinski definition) is 1. The maximum atomic E-state index is 12.9. The summed E-state index contributed by atoms with van der Waals surface area (Å²) in [5.41, 5.74) is 8.08. The molecular weight excluding hydrogens is 344 g/mol. The summed E-state index contributed by atoms with van der Waals surface area (Å²) in [6.45, 7) is 2.02. The van der Waals surface area contributed by atoms with Crippen molar-refractivity contribution >= 4 is 23.2 Å². The first-order chi connectivity index (χ1) is 12.4. The first-order valence-electron chi connectivity index (χ1n) is 8.66. The number of nitrogens with zero attached hydrogens (tertiary/aromatic N) is 3. The predicted molar refractivity (Wildman–Crippen MR) is 102 cm³/mol. The van der Waals surface area contributed by atoms with Gasteiger partial charge in [-0.15, -0.1) is 11.3 Å².